The van der Waals surface area contributed by atoms with Gasteiger partial charge in [-0.3, -0.25) is 4.79 Å². The number of hydrogen-bond donors (Lipinski definition) is 0. The molecule has 0 aliphatic heterocycles. The highest BCUT2D eigenvalue weighted by atomic mass is 16.5. The highest BCUT2D eigenvalue weighted by molar-refractivity contribution is 5.69. The molecule has 0 radical (unpaired) electrons. The molecule has 0 saturated heterocycles. The van der Waals surface area contributed by atoms with Gasteiger partial charge in [0.1, 0.15) is 0 Å². The number of esters is 1. The molecule has 38 heavy (non-hydrogen) atoms. The van der Waals surface area contributed by atoms with Crippen LogP contribution >= 0.6 is 0 Å². The van der Waals surface area contributed by atoms with E-state index in [1.807, 2.05) is 0 Å². The van der Waals surface area contributed by atoms with Crippen LogP contribution in [0.1, 0.15) is 213 Å². The molecule has 0 aliphatic rings. The van der Waals surface area contributed by atoms with Crippen LogP contribution in [0.15, 0.2) is 0 Å². The van der Waals surface area contributed by atoms with E-state index in [9.17, 15) is 4.79 Å². The van der Waals surface area contributed by atoms with Crippen LogP contribution < -0.4 is 0 Å². The van der Waals surface area contributed by atoms with Gasteiger partial charge >= 0.3 is 5.97 Å². The SMILES string of the molecule is CCCCCCCCCCCCCCCCCCCCCOC(=O)CCCCCCCCCCC(C)CC. The molecule has 0 saturated carbocycles. The smallest absolute Gasteiger partial charge is 0.305 e. The third-order valence-electron chi connectivity index (χ3n) is 8.54. The highest BCUT2D eigenvalue weighted by Gasteiger charge is 2.03. The largest absolute Gasteiger partial charge is 0.466 e. The Labute approximate surface area is 241 Å². The monoisotopic (exact) mass is 537 g/mol. The Bertz CT molecular complexity index is 447. The Morgan fingerprint density at radius 3 is 1.21 bits per heavy atom. The molecule has 0 heterocycles. The zero-order chi connectivity index (χ0) is 27.8. The van der Waals surface area contributed by atoms with Crippen molar-refractivity contribution in [3.05, 3.63) is 0 Å². The highest BCUT2D eigenvalue weighted by Crippen LogP contribution is 2.16. The Hall–Kier alpha value is -0.530. The first-order chi connectivity index (χ1) is 18.7. The van der Waals surface area contributed by atoms with Crippen molar-refractivity contribution in [2.75, 3.05) is 6.61 Å². The molecule has 0 amide bonds. The van der Waals surface area contributed by atoms with Gasteiger partial charge in [0.25, 0.3) is 0 Å². The van der Waals surface area contributed by atoms with E-state index in [-0.39, 0.29) is 5.97 Å². The average Bonchev–Trinajstić information content (AvgIpc) is 2.92. The van der Waals surface area contributed by atoms with Crippen molar-refractivity contribution >= 4 is 5.97 Å². The normalized spacial score (nSPS) is 12.2. The molecule has 228 valence electrons. The van der Waals surface area contributed by atoms with Crippen molar-refractivity contribution in [3.8, 4) is 0 Å². The molecule has 1 unspecified atom stereocenters. The molecule has 2 heteroatoms. The van der Waals surface area contributed by atoms with Gasteiger partial charge in [0.15, 0.2) is 0 Å². The van der Waals surface area contributed by atoms with Crippen LogP contribution in [0, 0.1) is 5.92 Å². The molecule has 0 N–H and O–H groups in total. The summed E-state index contributed by atoms with van der Waals surface area (Å²) in [5.74, 6) is 0.927. The lowest BCUT2D eigenvalue weighted by Gasteiger charge is -2.07. The fraction of sp³-hybridized carbons (Fsp3) is 0.972. The van der Waals surface area contributed by atoms with Crippen molar-refractivity contribution < 1.29 is 9.53 Å². The molecule has 0 aliphatic carbocycles. The predicted molar refractivity (Wildman–Crippen MR) is 170 cm³/mol. The number of hydrogen-bond acceptors (Lipinski definition) is 2. The van der Waals surface area contributed by atoms with Crippen molar-refractivity contribution in [3.63, 3.8) is 0 Å². The first kappa shape index (κ1) is 37.5. The van der Waals surface area contributed by atoms with Crippen molar-refractivity contribution in [1.82, 2.24) is 0 Å². The first-order valence-electron chi connectivity index (χ1n) is 17.9. The summed E-state index contributed by atoms with van der Waals surface area (Å²) < 4.78 is 5.44. The van der Waals surface area contributed by atoms with Gasteiger partial charge in [0.05, 0.1) is 6.61 Å². The first-order valence-corrected chi connectivity index (χ1v) is 17.9. The fourth-order valence-corrected chi connectivity index (χ4v) is 5.47. The van der Waals surface area contributed by atoms with E-state index < -0.39 is 0 Å². The van der Waals surface area contributed by atoms with Gasteiger partial charge in [0.2, 0.25) is 0 Å². The molecular weight excluding hydrogens is 464 g/mol. The number of rotatable bonds is 32. The minimum atomic E-state index is 0.0254. The van der Waals surface area contributed by atoms with Crippen LogP contribution in [-0.2, 0) is 9.53 Å². The van der Waals surface area contributed by atoms with Gasteiger partial charge < -0.3 is 4.74 Å². The van der Waals surface area contributed by atoms with Crippen molar-refractivity contribution in [1.29, 1.82) is 0 Å². The molecule has 1 atom stereocenters. The van der Waals surface area contributed by atoms with E-state index >= 15 is 0 Å². The standard InChI is InChI=1S/C36H72O2/c1-4-6-7-8-9-10-11-12-13-14-15-16-17-18-19-22-25-28-31-34-38-36(37)33-30-27-24-21-20-23-26-29-32-35(3)5-2/h35H,4-34H2,1-3H3. The molecule has 0 aromatic heterocycles. The summed E-state index contributed by atoms with van der Waals surface area (Å²) in [5.41, 5.74) is 0. The number of carbonyl (C=O) groups is 1. The molecule has 0 bridgehead atoms. The average molecular weight is 537 g/mol. The maximum absolute atomic E-state index is 11.9. The molecule has 0 aromatic carbocycles. The van der Waals surface area contributed by atoms with E-state index in [1.54, 1.807) is 0 Å². The lowest BCUT2D eigenvalue weighted by molar-refractivity contribution is -0.143. The Balaban J connectivity index is 3.15. The van der Waals surface area contributed by atoms with Crippen LogP contribution in [0.25, 0.3) is 0 Å². The lowest BCUT2D eigenvalue weighted by Crippen LogP contribution is -2.05. The number of ether oxygens (including phenoxy) is 1. The van der Waals surface area contributed by atoms with Gasteiger partial charge in [-0.25, -0.2) is 0 Å². The van der Waals surface area contributed by atoms with Crippen LogP contribution in [0.5, 0.6) is 0 Å². The Morgan fingerprint density at radius 1 is 0.474 bits per heavy atom. The molecule has 0 fully saturated rings. The van der Waals surface area contributed by atoms with E-state index in [0.717, 1.165) is 18.8 Å². The van der Waals surface area contributed by atoms with Crippen LogP contribution in [-0.4, -0.2) is 12.6 Å². The summed E-state index contributed by atoms with van der Waals surface area (Å²) in [7, 11) is 0. The summed E-state index contributed by atoms with van der Waals surface area (Å²) >= 11 is 0. The van der Waals surface area contributed by atoms with Crippen LogP contribution in [0.4, 0.5) is 0 Å². The second kappa shape index (κ2) is 32.7. The van der Waals surface area contributed by atoms with E-state index in [1.165, 1.54) is 173 Å². The molecule has 2 nitrogen and oxygen atoms in total. The zero-order valence-corrected chi connectivity index (χ0v) is 26.8. The number of carbonyl (C=O) groups excluding carboxylic acids is 1. The van der Waals surface area contributed by atoms with Gasteiger partial charge in [-0.2, -0.15) is 0 Å². The summed E-state index contributed by atoms with van der Waals surface area (Å²) in [6, 6.07) is 0. The minimum Gasteiger partial charge on any atom is -0.466 e. The molecule has 0 rings (SSSR count). The molecular formula is C36H72O2. The van der Waals surface area contributed by atoms with E-state index in [4.69, 9.17) is 4.74 Å². The van der Waals surface area contributed by atoms with Gasteiger partial charge in [-0.05, 0) is 18.8 Å². The van der Waals surface area contributed by atoms with E-state index in [0.29, 0.717) is 13.0 Å². The topological polar surface area (TPSA) is 26.3 Å². The maximum atomic E-state index is 11.9. The zero-order valence-electron chi connectivity index (χ0n) is 26.8. The van der Waals surface area contributed by atoms with Gasteiger partial charge in [-0.1, -0.05) is 194 Å². The van der Waals surface area contributed by atoms with Crippen LogP contribution in [0.3, 0.4) is 0 Å². The summed E-state index contributed by atoms with van der Waals surface area (Å²) in [6.07, 6.45) is 40.1. The Morgan fingerprint density at radius 2 is 0.816 bits per heavy atom. The quantitative estimate of drug-likeness (QED) is 0.0631. The maximum Gasteiger partial charge on any atom is 0.305 e. The van der Waals surface area contributed by atoms with E-state index in [2.05, 4.69) is 20.8 Å². The van der Waals surface area contributed by atoms with Crippen molar-refractivity contribution in [2.24, 2.45) is 5.92 Å². The molecule has 0 spiro atoms. The van der Waals surface area contributed by atoms with Crippen LogP contribution in [0.2, 0.25) is 0 Å². The summed E-state index contributed by atoms with van der Waals surface area (Å²) in [6.45, 7) is 7.59. The van der Waals surface area contributed by atoms with Gasteiger partial charge in [-0.15, -0.1) is 0 Å². The lowest BCUT2D eigenvalue weighted by atomic mass is 9.99. The predicted octanol–water partition coefficient (Wildman–Crippen LogP) is 12.9. The van der Waals surface area contributed by atoms with Crippen molar-refractivity contribution in [2.45, 2.75) is 213 Å². The molecule has 0 aromatic rings. The minimum absolute atomic E-state index is 0.0254. The second-order valence-electron chi connectivity index (χ2n) is 12.5. The fourth-order valence-electron chi connectivity index (χ4n) is 5.47. The number of unbranched alkanes of at least 4 members (excludes halogenated alkanes) is 25. The third kappa shape index (κ3) is 31.7. The summed E-state index contributed by atoms with van der Waals surface area (Å²) in [5, 5.41) is 0. The van der Waals surface area contributed by atoms with Gasteiger partial charge in [0, 0.05) is 6.42 Å². The summed E-state index contributed by atoms with van der Waals surface area (Å²) in [4.78, 5) is 11.9. The second-order valence-corrected chi connectivity index (χ2v) is 12.5. The Kier molecular flexibility index (Phi) is 32.2. The third-order valence-corrected chi connectivity index (χ3v) is 8.54.